The predicted octanol–water partition coefficient (Wildman–Crippen LogP) is 4.79. The standard InChI is InChI=1S/C27H29N5OS/c1-30-11-3-12-31(15-14-30)13-10-24-27(21-4-7-23(33-2)8-5-21)29-26-9-6-22(18-32(24)26)25-16-20(17-28)19-34-25/h4-9,16,18-19H,3,10-15H2,1-2H3. The molecule has 0 bridgehead atoms. The third-order valence-electron chi connectivity index (χ3n) is 6.57. The fourth-order valence-corrected chi connectivity index (χ4v) is 5.42. The van der Waals surface area contributed by atoms with Crippen LogP contribution in [0.2, 0.25) is 0 Å². The zero-order chi connectivity index (χ0) is 23.5. The number of imidazole rings is 1. The van der Waals surface area contributed by atoms with Crippen molar-refractivity contribution < 1.29 is 4.74 Å². The third-order valence-corrected chi connectivity index (χ3v) is 7.55. The molecule has 3 aromatic heterocycles. The van der Waals surface area contributed by atoms with Gasteiger partial charge in [0.25, 0.3) is 0 Å². The number of rotatable bonds is 6. The molecule has 0 spiro atoms. The minimum Gasteiger partial charge on any atom is -0.497 e. The Hall–Kier alpha value is -3.18. The Bertz CT molecular complexity index is 1320. The summed E-state index contributed by atoms with van der Waals surface area (Å²) in [6, 6.07) is 16.5. The number of likely N-dealkylation sites (N-methyl/N-ethyl adjacent to an activating group) is 1. The number of pyridine rings is 1. The smallest absolute Gasteiger partial charge is 0.137 e. The lowest BCUT2D eigenvalue weighted by Gasteiger charge is -2.20. The van der Waals surface area contributed by atoms with Crippen molar-refractivity contribution in [2.75, 3.05) is 46.9 Å². The summed E-state index contributed by atoms with van der Waals surface area (Å²) in [5.74, 6) is 0.844. The van der Waals surface area contributed by atoms with Crippen LogP contribution < -0.4 is 4.74 Å². The van der Waals surface area contributed by atoms with E-state index in [1.54, 1.807) is 18.4 Å². The van der Waals surface area contributed by atoms with Crippen LogP contribution in [-0.2, 0) is 6.42 Å². The number of thiophene rings is 1. The van der Waals surface area contributed by atoms with Gasteiger partial charge in [-0.2, -0.15) is 5.26 Å². The normalized spacial score (nSPS) is 15.3. The van der Waals surface area contributed by atoms with E-state index < -0.39 is 0 Å². The van der Waals surface area contributed by atoms with Gasteiger partial charge in [-0.05, 0) is 69.0 Å². The summed E-state index contributed by atoms with van der Waals surface area (Å²) in [5.41, 5.74) is 6.09. The van der Waals surface area contributed by atoms with Gasteiger partial charge in [0.2, 0.25) is 0 Å². The summed E-state index contributed by atoms with van der Waals surface area (Å²) >= 11 is 1.60. The van der Waals surface area contributed by atoms with Crippen LogP contribution in [-0.4, -0.2) is 66.1 Å². The Kier molecular flexibility index (Phi) is 6.63. The van der Waals surface area contributed by atoms with Crippen LogP contribution in [0.1, 0.15) is 17.7 Å². The second kappa shape index (κ2) is 9.98. The Morgan fingerprint density at radius 3 is 2.65 bits per heavy atom. The van der Waals surface area contributed by atoms with Crippen LogP contribution in [0.25, 0.3) is 27.3 Å². The van der Waals surface area contributed by atoms with E-state index in [0.29, 0.717) is 5.56 Å². The van der Waals surface area contributed by atoms with E-state index >= 15 is 0 Å². The fourth-order valence-electron chi connectivity index (χ4n) is 4.59. The Labute approximate surface area is 204 Å². The van der Waals surface area contributed by atoms with Gasteiger partial charge in [-0.25, -0.2) is 4.98 Å². The molecule has 7 heteroatoms. The molecule has 0 aliphatic carbocycles. The molecular weight excluding hydrogens is 442 g/mol. The van der Waals surface area contributed by atoms with Crippen molar-refractivity contribution in [2.24, 2.45) is 0 Å². The zero-order valence-electron chi connectivity index (χ0n) is 19.7. The molecule has 6 nitrogen and oxygen atoms in total. The molecule has 1 aliphatic rings. The number of methoxy groups -OCH3 is 1. The van der Waals surface area contributed by atoms with Gasteiger partial charge in [-0.1, -0.05) is 0 Å². The number of hydrogen-bond acceptors (Lipinski definition) is 6. The average Bonchev–Trinajstić information content (AvgIpc) is 3.44. The second-order valence-electron chi connectivity index (χ2n) is 8.84. The van der Waals surface area contributed by atoms with E-state index in [9.17, 15) is 5.26 Å². The van der Waals surface area contributed by atoms with Gasteiger partial charge < -0.3 is 18.9 Å². The van der Waals surface area contributed by atoms with Crippen molar-refractivity contribution in [3.63, 3.8) is 0 Å². The molecule has 0 unspecified atom stereocenters. The Balaban J connectivity index is 1.53. The first-order valence-electron chi connectivity index (χ1n) is 11.7. The Morgan fingerprint density at radius 2 is 1.88 bits per heavy atom. The molecule has 1 aromatic carbocycles. The lowest BCUT2D eigenvalue weighted by atomic mass is 10.1. The van der Waals surface area contributed by atoms with Gasteiger partial charge in [0.1, 0.15) is 17.5 Å². The number of hydrogen-bond donors (Lipinski definition) is 0. The minimum atomic E-state index is 0.705. The second-order valence-corrected chi connectivity index (χ2v) is 9.75. The molecule has 5 rings (SSSR count). The van der Waals surface area contributed by atoms with Gasteiger partial charge >= 0.3 is 0 Å². The van der Waals surface area contributed by atoms with Gasteiger partial charge in [0, 0.05) is 53.6 Å². The number of ether oxygens (including phenoxy) is 1. The highest BCUT2D eigenvalue weighted by atomic mass is 32.1. The van der Waals surface area contributed by atoms with Crippen molar-refractivity contribution in [1.29, 1.82) is 5.26 Å². The van der Waals surface area contributed by atoms with Crippen LogP contribution in [0.5, 0.6) is 5.75 Å². The van der Waals surface area contributed by atoms with E-state index in [0.717, 1.165) is 72.2 Å². The number of benzene rings is 1. The van der Waals surface area contributed by atoms with E-state index in [1.165, 1.54) is 12.1 Å². The maximum atomic E-state index is 9.24. The van der Waals surface area contributed by atoms with Crippen molar-refractivity contribution in [2.45, 2.75) is 12.8 Å². The number of aromatic nitrogens is 2. The van der Waals surface area contributed by atoms with Crippen LogP contribution in [0, 0.1) is 11.3 Å². The van der Waals surface area contributed by atoms with E-state index in [2.05, 4.69) is 57.8 Å². The summed E-state index contributed by atoms with van der Waals surface area (Å²) in [5, 5.41) is 11.1. The lowest BCUT2D eigenvalue weighted by Crippen LogP contribution is -2.30. The van der Waals surface area contributed by atoms with Crippen molar-refractivity contribution in [3.05, 3.63) is 65.3 Å². The van der Waals surface area contributed by atoms with Crippen molar-refractivity contribution in [3.8, 4) is 33.5 Å². The molecule has 1 fully saturated rings. The molecule has 0 radical (unpaired) electrons. The molecular formula is C27H29N5OS. The van der Waals surface area contributed by atoms with Crippen LogP contribution in [0.15, 0.2) is 54.0 Å². The predicted molar refractivity (Wildman–Crippen MR) is 137 cm³/mol. The topological polar surface area (TPSA) is 56.8 Å². The third kappa shape index (κ3) is 4.71. The summed E-state index contributed by atoms with van der Waals surface area (Å²) in [6.45, 7) is 5.52. The quantitative estimate of drug-likeness (QED) is 0.405. The first kappa shape index (κ1) is 22.6. The molecule has 0 atom stereocenters. The molecule has 34 heavy (non-hydrogen) atoms. The van der Waals surface area contributed by atoms with Crippen LogP contribution >= 0.6 is 11.3 Å². The van der Waals surface area contributed by atoms with Crippen molar-refractivity contribution in [1.82, 2.24) is 19.2 Å². The number of fused-ring (bicyclic) bond motifs is 1. The van der Waals surface area contributed by atoms with E-state index in [1.807, 2.05) is 23.6 Å². The zero-order valence-corrected chi connectivity index (χ0v) is 20.5. The van der Waals surface area contributed by atoms with Crippen molar-refractivity contribution >= 4 is 17.0 Å². The summed E-state index contributed by atoms with van der Waals surface area (Å²) < 4.78 is 7.60. The molecule has 0 N–H and O–H groups in total. The maximum Gasteiger partial charge on any atom is 0.137 e. The fraction of sp³-hybridized carbons (Fsp3) is 0.333. The number of nitriles is 1. The maximum absolute atomic E-state index is 9.24. The first-order valence-corrected chi connectivity index (χ1v) is 12.6. The lowest BCUT2D eigenvalue weighted by molar-refractivity contribution is 0.278. The van der Waals surface area contributed by atoms with Gasteiger partial charge in [-0.3, -0.25) is 0 Å². The molecule has 4 heterocycles. The highest BCUT2D eigenvalue weighted by Gasteiger charge is 2.18. The van der Waals surface area contributed by atoms with E-state index in [-0.39, 0.29) is 0 Å². The molecule has 0 amide bonds. The largest absolute Gasteiger partial charge is 0.497 e. The average molecular weight is 472 g/mol. The molecule has 0 saturated carbocycles. The van der Waals surface area contributed by atoms with Crippen LogP contribution in [0.3, 0.4) is 0 Å². The molecule has 4 aromatic rings. The Morgan fingerprint density at radius 1 is 1.06 bits per heavy atom. The summed E-state index contributed by atoms with van der Waals surface area (Å²) in [6.07, 6.45) is 4.30. The minimum absolute atomic E-state index is 0.705. The molecule has 174 valence electrons. The number of nitrogens with zero attached hydrogens (tertiary/aromatic N) is 5. The highest BCUT2D eigenvalue weighted by Crippen LogP contribution is 2.31. The van der Waals surface area contributed by atoms with Crippen LogP contribution in [0.4, 0.5) is 0 Å². The summed E-state index contributed by atoms with van der Waals surface area (Å²) in [4.78, 5) is 11.1. The molecule has 1 saturated heterocycles. The van der Waals surface area contributed by atoms with E-state index in [4.69, 9.17) is 9.72 Å². The first-order chi connectivity index (χ1) is 16.6. The van der Waals surface area contributed by atoms with Gasteiger partial charge in [-0.15, -0.1) is 11.3 Å². The monoisotopic (exact) mass is 471 g/mol. The highest BCUT2D eigenvalue weighted by molar-refractivity contribution is 7.13. The summed E-state index contributed by atoms with van der Waals surface area (Å²) in [7, 11) is 3.90. The van der Waals surface area contributed by atoms with Gasteiger partial charge in [0.05, 0.1) is 24.1 Å². The van der Waals surface area contributed by atoms with Gasteiger partial charge in [0.15, 0.2) is 0 Å². The molecule has 1 aliphatic heterocycles. The SMILES string of the molecule is COc1ccc(-c2nc3ccc(-c4cc(C#N)cs4)cn3c2CCN2CCCN(C)CC2)cc1.